The molecule has 2 heterocycles. The average Bonchev–Trinajstić information content (AvgIpc) is 2.96. The maximum absolute atomic E-state index is 12.9. The van der Waals surface area contributed by atoms with Crippen molar-refractivity contribution in [2.24, 2.45) is 0 Å². The summed E-state index contributed by atoms with van der Waals surface area (Å²) in [5.74, 6) is 0.528. The molecule has 1 aliphatic heterocycles. The maximum Gasteiger partial charge on any atom is 0.416 e. The minimum Gasteiger partial charge on any atom is -0.346 e. The topological polar surface area (TPSA) is 46.9 Å². The Bertz CT molecular complexity index is 818. The van der Waals surface area contributed by atoms with Gasteiger partial charge in [0.1, 0.15) is 11.5 Å². The van der Waals surface area contributed by atoms with E-state index in [2.05, 4.69) is 10.3 Å². The Morgan fingerprint density at radius 1 is 1.27 bits per heavy atom. The van der Waals surface area contributed by atoms with Gasteiger partial charge in [0.05, 0.1) is 5.56 Å². The fraction of sp³-hybridized carbons (Fsp3) is 0.474. The van der Waals surface area contributed by atoms with E-state index in [0.717, 1.165) is 11.9 Å². The first-order valence-electron chi connectivity index (χ1n) is 8.59. The first-order chi connectivity index (χ1) is 12.0. The Kier molecular flexibility index (Phi) is 4.58. The van der Waals surface area contributed by atoms with E-state index in [0.29, 0.717) is 30.6 Å². The third-order valence-corrected chi connectivity index (χ3v) is 4.40. The molecule has 140 valence electrons. The quantitative estimate of drug-likeness (QED) is 0.869. The minimum absolute atomic E-state index is 0.0301. The van der Waals surface area contributed by atoms with Gasteiger partial charge in [0.2, 0.25) is 0 Å². The van der Waals surface area contributed by atoms with Gasteiger partial charge >= 0.3 is 6.18 Å². The highest BCUT2D eigenvalue weighted by Gasteiger charge is 2.32. The normalized spacial score (nSPS) is 17.7. The van der Waals surface area contributed by atoms with Crippen LogP contribution in [0.5, 0.6) is 0 Å². The van der Waals surface area contributed by atoms with Crippen LogP contribution >= 0.6 is 0 Å². The van der Waals surface area contributed by atoms with Crippen LogP contribution in [0.25, 0.3) is 0 Å². The monoisotopic (exact) mass is 365 g/mol. The van der Waals surface area contributed by atoms with E-state index in [4.69, 9.17) is 0 Å². The van der Waals surface area contributed by atoms with Crippen LogP contribution in [0.4, 0.5) is 13.2 Å². The van der Waals surface area contributed by atoms with Gasteiger partial charge in [-0.05, 0) is 38.8 Å². The lowest BCUT2D eigenvalue weighted by molar-refractivity contribution is -0.137. The number of hydrogen-bond acceptors (Lipinski definition) is 2. The minimum atomic E-state index is -4.34. The number of fused-ring (bicyclic) bond motifs is 1. The predicted octanol–water partition coefficient (Wildman–Crippen LogP) is 4.16. The number of carbonyl (C=O) groups excluding carboxylic acids is 1. The van der Waals surface area contributed by atoms with E-state index >= 15 is 0 Å². The zero-order valence-electron chi connectivity index (χ0n) is 15.0. The van der Waals surface area contributed by atoms with E-state index in [9.17, 15) is 18.0 Å². The molecule has 1 aliphatic rings. The largest absolute Gasteiger partial charge is 0.416 e. The molecule has 1 aromatic carbocycles. The Morgan fingerprint density at radius 3 is 2.65 bits per heavy atom. The van der Waals surface area contributed by atoms with Crippen LogP contribution in [0, 0.1) is 0 Å². The van der Waals surface area contributed by atoms with Crippen LogP contribution in [-0.4, -0.2) is 21.0 Å². The molecule has 0 fully saturated rings. The number of carbonyl (C=O) groups is 1. The van der Waals surface area contributed by atoms with Gasteiger partial charge in [-0.2, -0.15) is 13.2 Å². The number of aromatic nitrogens is 2. The zero-order chi connectivity index (χ0) is 19.1. The highest BCUT2D eigenvalue weighted by molar-refractivity contribution is 5.92. The van der Waals surface area contributed by atoms with E-state index in [-0.39, 0.29) is 17.4 Å². The maximum atomic E-state index is 12.9. The van der Waals surface area contributed by atoms with Gasteiger partial charge in [-0.25, -0.2) is 4.98 Å². The number of alkyl halides is 3. The van der Waals surface area contributed by atoms with Crippen LogP contribution < -0.4 is 5.32 Å². The SMILES string of the molecule is CC(C)(C)NC(=O)c1cn2c(n1)CCC(c1cccc(C(F)(F)F)c1)C2. The van der Waals surface area contributed by atoms with E-state index in [1.165, 1.54) is 12.1 Å². The first-order valence-corrected chi connectivity index (χ1v) is 8.59. The number of nitrogens with one attached hydrogen (secondary N) is 1. The molecule has 1 atom stereocenters. The Hall–Kier alpha value is -2.31. The number of rotatable bonds is 2. The average molecular weight is 365 g/mol. The Morgan fingerprint density at radius 2 is 2.00 bits per heavy atom. The molecule has 0 aliphatic carbocycles. The fourth-order valence-electron chi connectivity index (χ4n) is 3.20. The molecule has 1 aromatic heterocycles. The summed E-state index contributed by atoms with van der Waals surface area (Å²) in [5, 5.41) is 2.87. The van der Waals surface area contributed by atoms with Gasteiger partial charge in [0.15, 0.2) is 0 Å². The lowest BCUT2D eigenvalue weighted by Crippen LogP contribution is -2.40. The molecule has 26 heavy (non-hydrogen) atoms. The third-order valence-electron chi connectivity index (χ3n) is 4.40. The molecule has 2 aromatic rings. The summed E-state index contributed by atoms with van der Waals surface area (Å²) in [5.41, 5.74) is 0.0260. The lowest BCUT2D eigenvalue weighted by Gasteiger charge is -2.24. The van der Waals surface area contributed by atoms with Gasteiger partial charge in [-0.3, -0.25) is 4.79 Å². The van der Waals surface area contributed by atoms with Crippen molar-refractivity contribution in [1.29, 1.82) is 0 Å². The number of nitrogens with zero attached hydrogens (tertiary/aromatic N) is 2. The standard InChI is InChI=1S/C19H22F3N3O/c1-18(2,3)24-17(26)15-11-25-10-13(7-8-16(25)23-15)12-5-4-6-14(9-12)19(20,21)22/h4-6,9,11,13H,7-8,10H2,1-3H3,(H,24,26). The lowest BCUT2D eigenvalue weighted by atomic mass is 9.90. The molecule has 1 amide bonds. The van der Waals surface area contributed by atoms with E-state index in [1.807, 2.05) is 25.3 Å². The predicted molar refractivity (Wildman–Crippen MR) is 92.0 cm³/mol. The van der Waals surface area contributed by atoms with E-state index < -0.39 is 11.7 Å². The van der Waals surface area contributed by atoms with Gasteiger partial charge in [-0.15, -0.1) is 0 Å². The van der Waals surface area contributed by atoms with Crippen molar-refractivity contribution in [2.45, 2.75) is 57.8 Å². The van der Waals surface area contributed by atoms with Gasteiger partial charge in [-0.1, -0.05) is 18.2 Å². The highest BCUT2D eigenvalue weighted by atomic mass is 19.4. The van der Waals surface area contributed by atoms with Crippen molar-refractivity contribution in [1.82, 2.24) is 14.9 Å². The Balaban J connectivity index is 1.79. The van der Waals surface area contributed by atoms with Gasteiger partial charge in [0.25, 0.3) is 5.91 Å². The second-order valence-electron chi connectivity index (χ2n) is 7.76. The molecule has 7 heteroatoms. The van der Waals surface area contributed by atoms with E-state index in [1.54, 1.807) is 12.3 Å². The molecule has 4 nitrogen and oxygen atoms in total. The van der Waals surface area contributed by atoms with Crippen molar-refractivity contribution in [2.75, 3.05) is 0 Å². The zero-order valence-corrected chi connectivity index (χ0v) is 15.0. The summed E-state index contributed by atoms with van der Waals surface area (Å²) in [4.78, 5) is 16.7. The van der Waals surface area contributed by atoms with Gasteiger partial charge < -0.3 is 9.88 Å². The second-order valence-corrected chi connectivity index (χ2v) is 7.76. The molecule has 0 spiro atoms. The molecule has 1 N–H and O–H groups in total. The summed E-state index contributed by atoms with van der Waals surface area (Å²) >= 11 is 0. The van der Waals surface area contributed by atoms with Crippen molar-refractivity contribution in [3.05, 3.63) is 53.1 Å². The number of hydrogen-bond donors (Lipinski definition) is 1. The number of benzene rings is 1. The van der Waals surface area contributed by atoms with Crippen LogP contribution in [0.1, 0.15) is 60.5 Å². The number of imidazole rings is 1. The number of amides is 1. The van der Waals surface area contributed by atoms with Crippen LogP contribution in [0.2, 0.25) is 0 Å². The van der Waals surface area contributed by atoms with Crippen molar-refractivity contribution >= 4 is 5.91 Å². The molecule has 0 radical (unpaired) electrons. The van der Waals surface area contributed by atoms with Crippen molar-refractivity contribution in [3.8, 4) is 0 Å². The number of halogens is 3. The summed E-state index contributed by atoms with van der Waals surface area (Å²) in [7, 11) is 0. The molecular weight excluding hydrogens is 343 g/mol. The summed E-state index contributed by atoms with van der Waals surface area (Å²) in [6.45, 7) is 6.20. The summed E-state index contributed by atoms with van der Waals surface area (Å²) in [6.07, 6.45) is -1.32. The molecule has 0 bridgehead atoms. The smallest absolute Gasteiger partial charge is 0.346 e. The summed E-state index contributed by atoms with van der Waals surface area (Å²) in [6, 6.07) is 5.49. The van der Waals surface area contributed by atoms with Crippen molar-refractivity contribution < 1.29 is 18.0 Å². The van der Waals surface area contributed by atoms with Crippen molar-refractivity contribution in [3.63, 3.8) is 0 Å². The Labute approximate surface area is 150 Å². The highest BCUT2D eigenvalue weighted by Crippen LogP contribution is 2.34. The molecule has 0 saturated heterocycles. The molecule has 3 rings (SSSR count). The molecule has 0 saturated carbocycles. The summed E-state index contributed by atoms with van der Waals surface area (Å²) < 4.78 is 40.7. The second kappa shape index (κ2) is 6.45. The molecule has 1 unspecified atom stereocenters. The van der Waals surface area contributed by atoms with Crippen LogP contribution in [-0.2, 0) is 19.1 Å². The number of aryl methyl sites for hydroxylation is 1. The first kappa shape index (κ1) is 18.5. The third kappa shape index (κ3) is 4.08. The van der Waals surface area contributed by atoms with Crippen LogP contribution in [0.15, 0.2) is 30.5 Å². The molecular formula is C19H22F3N3O. The fourth-order valence-corrected chi connectivity index (χ4v) is 3.20. The van der Waals surface area contributed by atoms with Gasteiger partial charge in [0, 0.05) is 30.6 Å². The van der Waals surface area contributed by atoms with Crippen LogP contribution in [0.3, 0.4) is 0 Å².